The Morgan fingerprint density at radius 3 is 2.60 bits per heavy atom. The van der Waals surface area contributed by atoms with Gasteiger partial charge in [-0.15, -0.1) is 0 Å². The van der Waals surface area contributed by atoms with Crippen molar-refractivity contribution in [2.45, 2.75) is 38.8 Å². The lowest BCUT2D eigenvalue weighted by molar-refractivity contribution is -0.0366. The van der Waals surface area contributed by atoms with E-state index in [1.807, 2.05) is 23.0 Å². The second-order valence-electron chi connectivity index (χ2n) is 8.76. The molecule has 0 bridgehead atoms. The molecule has 0 radical (unpaired) electrons. The van der Waals surface area contributed by atoms with Crippen molar-refractivity contribution in [2.75, 3.05) is 6.61 Å². The van der Waals surface area contributed by atoms with Crippen molar-refractivity contribution in [1.29, 1.82) is 0 Å². The van der Waals surface area contributed by atoms with Gasteiger partial charge in [0.05, 0.1) is 16.7 Å². The number of aldehydes is 1. The number of hydrogen-bond acceptors (Lipinski definition) is 3. The molecule has 0 N–H and O–H groups in total. The summed E-state index contributed by atoms with van der Waals surface area (Å²) in [5.41, 5.74) is 6.35. The van der Waals surface area contributed by atoms with E-state index in [9.17, 15) is 9.18 Å². The van der Waals surface area contributed by atoms with Crippen molar-refractivity contribution >= 4 is 39.9 Å². The summed E-state index contributed by atoms with van der Waals surface area (Å²) in [5.74, 6) is -0.371. The van der Waals surface area contributed by atoms with Crippen LogP contribution in [-0.4, -0.2) is 22.7 Å². The zero-order chi connectivity index (χ0) is 24.4. The average Bonchev–Trinajstić information content (AvgIpc) is 3.32. The zero-order valence-corrected chi connectivity index (χ0v) is 20.3. The van der Waals surface area contributed by atoms with Gasteiger partial charge in [-0.2, -0.15) is 5.10 Å². The number of fused-ring (bicyclic) bond motifs is 1. The van der Waals surface area contributed by atoms with Gasteiger partial charge in [0.1, 0.15) is 12.1 Å². The van der Waals surface area contributed by atoms with Crippen LogP contribution in [0, 0.1) is 5.82 Å². The summed E-state index contributed by atoms with van der Waals surface area (Å²) in [6.07, 6.45) is 6.52. The first-order valence-electron chi connectivity index (χ1n) is 11.9. The van der Waals surface area contributed by atoms with Crippen molar-refractivity contribution in [1.82, 2.24) is 9.78 Å². The molecular formula is C29H26ClFN2O2. The molecule has 1 fully saturated rings. The van der Waals surface area contributed by atoms with Crippen LogP contribution in [0.3, 0.4) is 0 Å². The number of hydrogen-bond donors (Lipinski definition) is 0. The third kappa shape index (κ3) is 4.66. The van der Waals surface area contributed by atoms with E-state index in [2.05, 4.69) is 30.2 Å². The van der Waals surface area contributed by atoms with Crippen molar-refractivity contribution in [2.24, 2.45) is 0 Å². The van der Waals surface area contributed by atoms with E-state index in [-0.39, 0.29) is 12.0 Å². The molecule has 0 aliphatic carbocycles. The predicted molar refractivity (Wildman–Crippen MR) is 138 cm³/mol. The van der Waals surface area contributed by atoms with Crippen LogP contribution in [0.2, 0.25) is 5.02 Å². The summed E-state index contributed by atoms with van der Waals surface area (Å²) in [7, 11) is 0. The van der Waals surface area contributed by atoms with Gasteiger partial charge in [0.25, 0.3) is 0 Å². The Bertz CT molecular complexity index is 1400. The van der Waals surface area contributed by atoms with Crippen molar-refractivity contribution < 1.29 is 13.9 Å². The number of carbonyl (C=O) groups is 1. The minimum absolute atomic E-state index is 0.0396. The average molecular weight is 489 g/mol. The third-order valence-electron chi connectivity index (χ3n) is 6.56. The minimum Gasteiger partial charge on any atom is -0.356 e. The van der Waals surface area contributed by atoms with Crippen LogP contribution in [0.25, 0.3) is 22.0 Å². The predicted octanol–water partition coefficient (Wildman–Crippen LogP) is 7.71. The topological polar surface area (TPSA) is 44.1 Å². The van der Waals surface area contributed by atoms with Crippen LogP contribution >= 0.6 is 11.6 Å². The molecule has 4 nitrogen and oxygen atoms in total. The molecule has 0 spiro atoms. The Morgan fingerprint density at radius 2 is 1.91 bits per heavy atom. The number of nitrogens with zero attached hydrogens (tertiary/aromatic N) is 2. The number of allylic oxidation sites excluding steroid dienone is 1. The molecule has 0 amide bonds. The van der Waals surface area contributed by atoms with Crippen LogP contribution in [0.1, 0.15) is 65.9 Å². The molecule has 1 aliphatic rings. The van der Waals surface area contributed by atoms with Gasteiger partial charge < -0.3 is 4.74 Å². The Labute approximate surface area is 209 Å². The number of ether oxygens (including phenoxy) is 1. The Kier molecular flexibility index (Phi) is 6.80. The van der Waals surface area contributed by atoms with E-state index in [0.717, 1.165) is 70.9 Å². The smallest absolute Gasteiger partial charge is 0.150 e. The zero-order valence-electron chi connectivity index (χ0n) is 19.5. The van der Waals surface area contributed by atoms with E-state index in [0.29, 0.717) is 17.0 Å². The molecular weight excluding hydrogens is 463 g/mol. The van der Waals surface area contributed by atoms with Crippen LogP contribution < -0.4 is 0 Å². The first kappa shape index (κ1) is 23.5. The summed E-state index contributed by atoms with van der Waals surface area (Å²) in [5, 5.41) is 6.02. The van der Waals surface area contributed by atoms with Gasteiger partial charge in [-0.3, -0.25) is 4.79 Å². The van der Waals surface area contributed by atoms with Crippen molar-refractivity contribution in [3.05, 3.63) is 100.0 Å². The molecule has 2 heterocycles. The van der Waals surface area contributed by atoms with E-state index >= 15 is 0 Å². The summed E-state index contributed by atoms with van der Waals surface area (Å²) in [4.78, 5) is 11.2. The van der Waals surface area contributed by atoms with Gasteiger partial charge in [-0.05, 0) is 77.8 Å². The number of aromatic nitrogens is 2. The first-order valence-corrected chi connectivity index (χ1v) is 12.3. The number of halogens is 2. The molecule has 1 aromatic heterocycles. The molecule has 178 valence electrons. The van der Waals surface area contributed by atoms with Gasteiger partial charge in [-0.25, -0.2) is 9.07 Å². The highest BCUT2D eigenvalue weighted by Gasteiger charge is 2.20. The number of carbonyl (C=O) groups excluding carboxylic acids is 1. The molecule has 1 aliphatic heterocycles. The van der Waals surface area contributed by atoms with Crippen LogP contribution in [0.5, 0.6) is 0 Å². The second kappa shape index (κ2) is 10.1. The van der Waals surface area contributed by atoms with E-state index in [4.69, 9.17) is 16.3 Å². The van der Waals surface area contributed by atoms with Crippen molar-refractivity contribution in [3.8, 4) is 0 Å². The SMILES string of the molecule is CCC(=C(c1ccc(C=O)cc1)c1ccc2c(cnn2C2CCCCO2)c1)c1ccc(F)cc1Cl. The standard InChI is InChI=1S/C29H26ClFN2O2/c1-2-24(25-12-11-23(31)16-26(25)30)29(20-8-6-19(18-34)7-9-20)21-10-13-27-22(15-21)17-32-33(27)28-5-3-4-14-35-28/h6-13,15-18,28H,2-5,14H2,1H3. The molecule has 4 aromatic rings. The van der Waals surface area contributed by atoms with Crippen LogP contribution in [0.15, 0.2) is 66.9 Å². The maximum atomic E-state index is 13.8. The highest BCUT2D eigenvalue weighted by atomic mass is 35.5. The van der Waals surface area contributed by atoms with Gasteiger partial charge in [-0.1, -0.05) is 54.9 Å². The lowest BCUT2D eigenvalue weighted by atomic mass is 9.87. The monoisotopic (exact) mass is 488 g/mol. The summed E-state index contributed by atoms with van der Waals surface area (Å²) < 4.78 is 21.7. The van der Waals surface area contributed by atoms with Gasteiger partial charge in [0.15, 0.2) is 6.23 Å². The summed E-state index contributed by atoms with van der Waals surface area (Å²) in [6.45, 7) is 2.82. The molecule has 1 saturated heterocycles. The number of rotatable bonds is 6. The molecule has 0 saturated carbocycles. The molecule has 5 rings (SSSR count). The fourth-order valence-electron chi connectivity index (χ4n) is 4.83. The normalized spacial score (nSPS) is 16.8. The largest absolute Gasteiger partial charge is 0.356 e. The molecule has 1 unspecified atom stereocenters. The quantitative estimate of drug-likeness (QED) is 0.206. The van der Waals surface area contributed by atoms with Gasteiger partial charge >= 0.3 is 0 Å². The van der Waals surface area contributed by atoms with E-state index in [1.165, 1.54) is 12.1 Å². The summed E-state index contributed by atoms with van der Waals surface area (Å²) >= 11 is 6.51. The van der Waals surface area contributed by atoms with Crippen molar-refractivity contribution in [3.63, 3.8) is 0 Å². The minimum atomic E-state index is -0.371. The first-order chi connectivity index (χ1) is 17.1. The lowest BCUT2D eigenvalue weighted by Gasteiger charge is -2.23. The van der Waals surface area contributed by atoms with Gasteiger partial charge in [0.2, 0.25) is 0 Å². The Balaban J connectivity index is 1.69. The molecule has 1 atom stereocenters. The fraction of sp³-hybridized carbons (Fsp3) is 0.241. The highest BCUT2D eigenvalue weighted by Crippen LogP contribution is 2.38. The van der Waals surface area contributed by atoms with E-state index in [1.54, 1.807) is 18.2 Å². The lowest BCUT2D eigenvalue weighted by Crippen LogP contribution is -2.18. The maximum Gasteiger partial charge on any atom is 0.150 e. The maximum absolute atomic E-state index is 13.8. The molecule has 6 heteroatoms. The second-order valence-corrected chi connectivity index (χ2v) is 9.16. The molecule has 35 heavy (non-hydrogen) atoms. The van der Waals surface area contributed by atoms with Crippen LogP contribution in [0.4, 0.5) is 4.39 Å². The van der Waals surface area contributed by atoms with Gasteiger partial charge in [0, 0.05) is 17.6 Å². The Morgan fingerprint density at radius 1 is 1.11 bits per heavy atom. The Hall–Kier alpha value is -3.28. The summed E-state index contributed by atoms with van der Waals surface area (Å²) in [6, 6.07) is 18.3. The van der Waals surface area contributed by atoms with E-state index < -0.39 is 0 Å². The number of benzene rings is 3. The fourth-order valence-corrected chi connectivity index (χ4v) is 5.12. The highest BCUT2D eigenvalue weighted by molar-refractivity contribution is 6.32. The third-order valence-corrected chi connectivity index (χ3v) is 6.87. The van der Waals surface area contributed by atoms with Crippen LogP contribution in [-0.2, 0) is 4.74 Å². The molecule has 3 aromatic carbocycles.